The molecule has 0 fully saturated rings. The fraction of sp³-hybridized carbons (Fsp3) is 0.333. The van der Waals surface area contributed by atoms with Crippen LogP contribution in [0.5, 0.6) is 0 Å². The van der Waals surface area contributed by atoms with Crippen LogP contribution in [-0.2, 0) is 6.54 Å². The molecule has 0 spiro atoms. The third-order valence-electron chi connectivity index (χ3n) is 1.96. The minimum atomic E-state index is 0.552. The van der Waals surface area contributed by atoms with Crippen molar-refractivity contribution >= 4 is 0 Å². The van der Waals surface area contributed by atoms with Crippen molar-refractivity contribution in [1.29, 1.82) is 0 Å². The first-order valence-corrected chi connectivity index (χ1v) is 4.80. The van der Waals surface area contributed by atoms with E-state index >= 15 is 0 Å². The van der Waals surface area contributed by atoms with Crippen LogP contribution >= 0.6 is 0 Å². The summed E-state index contributed by atoms with van der Waals surface area (Å²) in [5, 5.41) is 3.06. The molecule has 3 N–H and O–H groups in total. The first-order chi connectivity index (χ1) is 6.88. The first-order valence-electron chi connectivity index (χ1n) is 4.80. The van der Waals surface area contributed by atoms with Gasteiger partial charge in [-0.2, -0.15) is 0 Å². The van der Waals surface area contributed by atoms with Crippen LogP contribution in [0.25, 0.3) is 0 Å². The monoisotopic (exact) mass is 188 g/mol. The van der Waals surface area contributed by atoms with E-state index in [0.29, 0.717) is 6.54 Å². The van der Waals surface area contributed by atoms with Crippen LogP contribution in [-0.4, -0.2) is 13.6 Å². The second-order valence-corrected chi connectivity index (χ2v) is 3.02. The Kier molecular flexibility index (Phi) is 4.77. The average Bonchev–Trinajstić information content (AvgIpc) is 2.25. The van der Waals surface area contributed by atoms with Crippen LogP contribution in [0.1, 0.15) is 17.5 Å². The van der Waals surface area contributed by atoms with Crippen molar-refractivity contribution in [3.8, 4) is 11.8 Å². The molecule has 0 amide bonds. The summed E-state index contributed by atoms with van der Waals surface area (Å²) < 4.78 is 0. The second-order valence-electron chi connectivity index (χ2n) is 3.02. The Bertz CT molecular complexity index is 334. The Labute approximate surface area is 85.5 Å². The van der Waals surface area contributed by atoms with Crippen LogP contribution < -0.4 is 11.1 Å². The fourth-order valence-corrected chi connectivity index (χ4v) is 1.17. The lowest BCUT2D eigenvalue weighted by Crippen LogP contribution is -2.06. The quantitative estimate of drug-likeness (QED) is 0.551. The molecule has 2 heteroatoms. The lowest BCUT2D eigenvalue weighted by atomic mass is 10.1. The predicted octanol–water partition coefficient (Wildman–Crippen LogP) is 1.11. The summed E-state index contributed by atoms with van der Waals surface area (Å²) in [6.45, 7) is 1.48. The highest BCUT2D eigenvalue weighted by Gasteiger charge is 1.94. The highest BCUT2D eigenvalue weighted by atomic mass is 14.8. The molecule has 0 aliphatic carbocycles. The highest BCUT2D eigenvalue weighted by molar-refractivity contribution is 5.41. The lowest BCUT2D eigenvalue weighted by molar-refractivity contribution is 0.818. The zero-order valence-corrected chi connectivity index (χ0v) is 8.51. The zero-order chi connectivity index (χ0) is 10.2. The van der Waals surface area contributed by atoms with E-state index in [9.17, 15) is 0 Å². The van der Waals surface area contributed by atoms with Crippen molar-refractivity contribution in [3.05, 3.63) is 35.4 Å². The molecule has 0 aromatic heterocycles. The zero-order valence-electron chi connectivity index (χ0n) is 8.51. The van der Waals surface area contributed by atoms with Crippen LogP contribution in [0.3, 0.4) is 0 Å². The van der Waals surface area contributed by atoms with Gasteiger partial charge in [-0.1, -0.05) is 30.0 Å². The first kappa shape index (κ1) is 10.8. The molecule has 0 radical (unpaired) electrons. The summed E-state index contributed by atoms with van der Waals surface area (Å²) in [5.41, 5.74) is 7.76. The normalized spacial score (nSPS) is 9.29. The molecule has 0 atom stereocenters. The molecule has 0 aliphatic heterocycles. The Morgan fingerprint density at radius 1 is 1.36 bits per heavy atom. The van der Waals surface area contributed by atoms with E-state index in [1.54, 1.807) is 0 Å². The molecule has 74 valence electrons. The standard InChI is InChI=1S/C12H16N2/c1-14-9-5-4-7-11-6-2-3-8-12(11)10-13/h2-3,6,8,14H,5,9-10,13H2,1H3. The average molecular weight is 188 g/mol. The number of nitrogens with one attached hydrogen (secondary N) is 1. The van der Waals surface area contributed by atoms with Crippen LogP contribution in [0.15, 0.2) is 24.3 Å². The van der Waals surface area contributed by atoms with Gasteiger partial charge < -0.3 is 11.1 Å². The summed E-state index contributed by atoms with van der Waals surface area (Å²) in [6, 6.07) is 8.00. The largest absolute Gasteiger partial charge is 0.326 e. The Morgan fingerprint density at radius 3 is 2.86 bits per heavy atom. The Balaban J connectivity index is 2.68. The molecule has 0 heterocycles. The maximum Gasteiger partial charge on any atom is 0.0290 e. The third kappa shape index (κ3) is 3.21. The van der Waals surface area contributed by atoms with Crippen molar-refractivity contribution in [2.45, 2.75) is 13.0 Å². The van der Waals surface area contributed by atoms with Gasteiger partial charge in [0.25, 0.3) is 0 Å². The van der Waals surface area contributed by atoms with E-state index in [0.717, 1.165) is 24.1 Å². The number of nitrogens with two attached hydrogens (primary N) is 1. The minimum Gasteiger partial charge on any atom is -0.326 e. The van der Waals surface area contributed by atoms with Gasteiger partial charge in [0.2, 0.25) is 0 Å². The molecular weight excluding hydrogens is 172 g/mol. The van der Waals surface area contributed by atoms with Crippen molar-refractivity contribution < 1.29 is 0 Å². The van der Waals surface area contributed by atoms with Gasteiger partial charge in [-0.3, -0.25) is 0 Å². The highest BCUT2D eigenvalue weighted by Crippen LogP contribution is 2.05. The van der Waals surface area contributed by atoms with Gasteiger partial charge in [-0.25, -0.2) is 0 Å². The van der Waals surface area contributed by atoms with E-state index in [1.807, 2.05) is 31.3 Å². The van der Waals surface area contributed by atoms with Gasteiger partial charge in [0.05, 0.1) is 0 Å². The summed E-state index contributed by atoms with van der Waals surface area (Å²) in [4.78, 5) is 0. The van der Waals surface area contributed by atoms with Crippen molar-refractivity contribution in [2.24, 2.45) is 5.73 Å². The number of hydrogen-bond acceptors (Lipinski definition) is 2. The van der Waals surface area contributed by atoms with Gasteiger partial charge in [-0.05, 0) is 18.7 Å². The molecule has 1 aromatic rings. The maximum atomic E-state index is 5.60. The number of benzene rings is 1. The molecule has 2 nitrogen and oxygen atoms in total. The molecular formula is C12H16N2. The lowest BCUT2D eigenvalue weighted by Gasteiger charge is -1.98. The smallest absolute Gasteiger partial charge is 0.0290 e. The third-order valence-corrected chi connectivity index (χ3v) is 1.96. The fourth-order valence-electron chi connectivity index (χ4n) is 1.17. The summed E-state index contributed by atoms with van der Waals surface area (Å²) >= 11 is 0. The molecule has 0 bridgehead atoms. The van der Waals surface area contributed by atoms with Crippen LogP contribution in [0.4, 0.5) is 0 Å². The van der Waals surface area contributed by atoms with Gasteiger partial charge >= 0.3 is 0 Å². The second kappa shape index (κ2) is 6.20. The Morgan fingerprint density at radius 2 is 2.14 bits per heavy atom. The van der Waals surface area contributed by atoms with Crippen molar-refractivity contribution in [3.63, 3.8) is 0 Å². The van der Waals surface area contributed by atoms with Crippen LogP contribution in [0.2, 0.25) is 0 Å². The van der Waals surface area contributed by atoms with Gasteiger partial charge in [0, 0.05) is 25.1 Å². The van der Waals surface area contributed by atoms with E-state index in [4.69, 9.17) is 5.73 Å². The molecule has 1 rings (SSSR count). The number of rotatable bonds is 3. The molecule has 0 saturated carbocycles. The molecule has 1 aromatic carbocycles. The van der Waals surface area contributed by atoms with Gasteiger partial charge in [-0.15, -0.1) is 0 Å². The van der Waals surface area contributed by atoms with Gasteiger partial charge in [0.15, 0.2) is 0 Å². The van der Waals surface area contributed by atoms with E-state index < -0.39 is 0 Å². The van der Waals surface area contributed by atoms with E-state index in [-0.39, 0.29) is 0 Å². The summed E-state index contributed by atoms with van der Waals surface area (Å²) in [5.74, 6) is 6.24. The number of hydrogen-bond donors (Lipinski definition) is 2. The molecule has 0 unspecified atom stereocenters. The van der Waals surface area contributed by atoms with Crippen molar-refractivity contribution in [1.82, 2.24) is 5.32 Å². The predicted molar refractivity (Wildman–Crippen MR) is 59.8 cm³/mol. The summed E-state index contributed by atoms with van der Waals surface area (Å²) in [7, 11) is 1.93. The SMILES string of the molecule is CNCCC#Cc1ccccc1CN. The maximum absolute atomic E-state index is 5.60. The summed E-state index contributed by atoms with van der Waals surface area (Å²) in [6.07, 6.45) is 0.870. The van der Waals surface area contributed by atoms with E-state index in [1.165, 1.54) is 0 Å². The minimum absolute atomic E-state index is 0.552. The van der Waals surface area contributed by atoms with Crippen LogP contribution in [0, 0.1) is 11.8 Å². The Hall–Kier alpha value is -1.30. The molecule has 0 aliphatic rings. The van der Waals surface area contributed by atoms with E-state index in [2.05, 4.69) is 17.2 Å². The molecule has 14 heavy (non-hydrogen) atoms. The topological polar surface area (TPSA) is 38.0 Å². The van der Waals surface area contributed by atoms with Crippen molar-refractivity contribution in [2.75, 3.05) is 13.6 Å². The molecule has 0 saturated heterocycles. The van der Waals surface area contributed by atoms with Gasteiger partial charge in [0.1, 0.15) is 0 Å².